The van der Waals surface area contributed by atoms with Gasteiger partial charge >= 0.3 is 5.97 Å². The predicted octanol–water partition coefficient (Wildman–Crippen LogP) is 4.40. The zero-order valence-electron chi connectivity index (χ0n) is 16.4. The number of aromatic carboxylic acids is 1. The molecule has 0 aliphatic carbocycles. The van der Waals surface area contributed by atoms with E-state index in [1.807, 2.05) is 0 Å². The van der Waals surface area contributed by atoms with E-state index in [1.165, 1.54) is 35.9 Å². The van der Waals surface area contributed by atoms with Crippen LogP contribution in [0.15, 0.2) is 71.5 Å². The summed E-state index contributed by atoms with van der Waals surface area (Å²) in [5.74, 6) is -1.10. The van der Waals surface area contributed by atoms with Crippen molar-refractivity contribution in [2.24, 2.45) is 0 Å². The molecule has 0 bridgehead atoms. The number of halogens is 1. The topological polar surface area (TPSA) is 81.4 Å². The van der Waals surface area contributed by atoms with Gasteiger partial charge in [-0.25, -0.2) is 14.2 Å². The van der Waals surface area contributed by atoms with Gasteiger partial charge in [0, 0.05) is 0 Å². The summed E-state index contributed by atoms with van der Waals surface area (Å²) in [5, 5.41) is 9.56. The molecule has 0 unspecified atom stereocenters. The molecule has 0 aliphatic rings. The summed E-state index contributed by atoms with van der Waals surface area (Å²) in [6, 6.07) is 17.4. The van der Waals surface area contributed by atoms with Crippen molar-refractivity contribution in [2.75, 3.05) is 7.11 Å². The first-order chi connectivity index (χ1) is 15.0. The smallest absolute Gasteiger partial charge is 0.335 e. The average molecular weight is 416 g/mol. The molecule has 1 aromatic heterocycles. The van der Waals surface area contributed by atoms with Crippen LogP contribution in [0.2, 0.25) is 0 Å². The van der Waals surface area contributed by atoms with Crippen molar-refractivity contribution in [3.8, 4) is 11.4 Å². The predicted molar refractivity (Wildman–Crippen MR) is 116 cm³/mol. The van der Waals surface area contributed by atoms with Crippen molar-refractivity contribution in [3.05, 3.63) is 99.9 Å². The number of fused-ring (bicyclic) bond motifs is 1. The zero-order chi connectivity index (χ0) is 22.0. The number of carboxylic acid groups (broad SMARTS) is 1. The first-order valence-corrected chi connectivity index (χ1v) is 9.35. The number of ether oxygens (including phenoxy) is 1. The highest BCUT2D eigenvalue weighted by Gasteiger charge is 2.12. The summed E-state index contributed by atoms with van der Waals surface area (Å²) in [7, 11) is 1.39. The van der Waals surface area contributed by atoms with Crippen LogP contribution in [0.25, 0.3) is 28.7 Å². The number of nitrogens with zero attached hydrogens (tertiary/aromatic N) is 2. The molecule has 0 saturated heterocycles. The molecular weight excluding hydrogens is 399 g/mol. The Balaban J connectivity index is 1.87. The van der Waals surface area contributed by atoms with E-state index in [1.54, 1.807) is 54.6 Å². The molecule has 4 aromatic rings. The maximum atomic E-state index is 14.0. The molecule has 31 heavy (non-hydrogen) atoms. The quantitative estimate of drug-likeness (QED) is 0.521. The van der Waals surface area contributed by atoms with Crippen LogP contribution >= 0.6 is 0 Å². The van der Waals surface area contributed by atoms with Crippen LogP contribution in [0.5, 0.6) is 5.75 Å². The summed E-state index contributed by atoms with van der Waals surface area (Å²) >= 11 is 0. The monoisotopic (exact) mass is 416 g/mol. The van der Waals surface area contributed by atoms with Gasteiger partial charge in [0.05, 0.1) is 29.3 Å². The van der Waals surface area contributed by atoms with E-state index in [-0.39, 0.29) is 16.9 Å². The first kappa shape index (κ1) is 20.0. The molecule has 0 saturated carbocycles. The lowest BCUT2D eigenvalue weighted by Crippen LogP contribution is -2.22. The maximum Gasteiger partial charge on any atom is 0.335 e. The van der Waals surface area contributed by atoms with Crippen LogP contribution in [0.3, 0.4) is 0 Å². The fraction of sp³-hybridized carbons (Fsp3) is 0.0417. The highest BCUT2D eigenvalue weighted by molar-refractivity contribution is 5.88. The Morgan fingerprint density at radius 3 is 2.48 bits per heavy atom. The summed E-state index contributed by atoms with van der Waals surface area (Å²) < 4.78 is 20.3. The summed E-state index contributed by atoms with van der Waals surface area (Å²) in [4.78, 5) is 29.0. The van der Waals surface area contributed by atoms with Crippen LogP contribution in [0, 0.1) is 5.82 Å². The molecule has 3 aromatic carbocycles. The van der Waals surface area contributed by atoms with Gasteiger partial charge in [-0.05, 0) is 60.2 Å². The van der Waals surface area contributed by atoms with Crippen molar-refractivity contribution in [3.63, 3.8) is 0 Å². The molecule has 0 amide bonds. The summed E-state index contributed by atoms with van der Waals surface area (Å²) in [6.07, 6.45) is 3.25. The summed E-state index contributed by atoms with van der Waals surface area (Å²) in [5.41, 5.74) is 1.36. The average Bonchev–Trinajstić information content (AvgIpc) is 2.78. The number of methoxy groups -OCH3 is 1. The molecule has 0 aliphatic heterocycles. The first-order valence-electron chi connectivity index (χ1n) is 9.35. The molecule has 0 spiro atoms. The number of rotatable bonds is 5. The van der Waals surface area contributed by atoms with E-state index in [9.17, 15) is 14.0 Å². The van der Waals surface area contributed by atoms with E-state index in [0.29, 0.717) is 28.0 Å². The van der Waals surface area contributed by atoms with Crippen molar-refractivity contribution < 1.29 is 19.0 Å². The van der Waals surface area contributed by atoms with Crippen molar-refractivity contribution in [1.29, 1.82) is 0 Å². The van der Waals surface area contributed by atoms with Gasteiger partial charge in [0.2, 0.25) is 0 Å². The number of hydrogen-bond donors (Lipinski definition) is 1. The third-order valence-corrected chi connectivity index (χ3v) is 4.77. The number of hydrogen-bond acceptors (Lipinski definition) is 4. The van der Waals surface area contributed by atoms with Crippen LogP contribution < -0.4 is 10.3 Å². The molecular formula is C24H17FN2O4. The molecule has 0 fully saturated rings. The fourth-order valence-corrected chi connectivity index (χ4v) is 3.22. The van der Waals surface area contributed by atoms with Gasteiger partial charge in [0.1, 0.15) is 5.82 Å². The number of carbonyl (C=O) groups is 1. The zero-order valence-corrected chi connectivity index (χ0v) is 16.4. The van der Waals surface area contributed by atoms with Crippen LogP contribution in [-0.4, -0.2) is 27.7 Å². The Morgan fingerprint density at radius 2 is 1.81 bits per heavy atom. The van der Waals surface area contributed by atoms with E-state index < -0.39 is 11.8 Å². The highest BCUT2D eigenvalue weighted by atomic mass is 19.1. The van der Waals surface area contributed by atoms with E-state index in [2.05, 4.69) is 4.98 Å². The lowest BCUT2D eigenvalue weighted by Gasteiger charge is -2.12. The van der Waals surface area contributed by atoms with E-state index in [4.69, 9.17) is 9.84 Å². The van der Waals surface area contributed by atoms with Crippen LogP contribution in [-0.2, 0) is 0 Å². The van der Waals surface area contributed by atoms with Crippen LogP contribution in [0.1, 0.15) is 21.7 Å². The lowest BCUT2D eigenvalue weighted by atomic mass is 10.1. The van der Waals surface area contributed by atoms with Gasteiger partial charge in [-0.3, -0.25) is 9.36 Å². The molecule has 1 heterocycles. The van der Waals surface area contributed by atoms with Crippen molar-refractivity contribution in [2.45, 2.75) is 0 Å². The van der Waals surface area contributed by atoms with Gasteiger partial charge in [0.15, 0.2) is 11.6 Å². The molecule has 6 nitrogen and oxygen atoms in total. The number of carboxylic acids is 1. The Morgan fingerprint density at radius 1 is 1.06 bits per heavy atom. The van der Waals surface area contributed by atoms with E-state index >= 15 is 0 Å². The van der Waals surface area contributed by atoms with Gasteiger partial charge in [-0.2, -0.15) is 0 Å². The Labute approximate surface area is 176 Å². The highest BCUT2D eigenvalue weighted by Crippen LogP contribution is 2.20. The van der Waals surface area contributed by atoms with Gasteiger partial charge in [-0.15, -0.1) is 0 Å². The maximum absolute atomic E-state index is 14.0. The van der Waals surface area contributed by atoms with Gasteiger partial charge in [-0.1, -0.05) is 24.3 Å². The second-order valence-electron chi connectivity index (χ2n) is 6.71. The van der Waals surface area contributed by atoms with Crippen molar-refractivity contribution >= 4 is 29.0 Å². The van der Waals surface area contributed by atoms with Gasteiger partial charge < -0.3 is 9.84 Å². The van der Waals surface area contributed by atoms with Gasteiger partial charge in [0.25, 0.3) is 5.56 Å². The molecule has 7 heteroatoms. The Kier molecular flexibility index (Phi) is 5.32. The number of aromatic nitrogens is 2. The molecule has 0 radical (unpaired) electrons. The Hall–Kier alpha value is -4.26. The molecule has 4 rings (SSSR count). The normalized spacial score (nSPS) is 11.2. The largest absolute Gasteiger partial charge is 0.494 e. The third-order valence-electron chi connectivity index (χ3n) is 4.77. The van der Waals surface area contributed by atoms with Crippen molar-refractivity contribution in [1.82, 2.24) is 9.55 Å². The number of para-hydroxylation sites is 1. The second-order valence-corrected chi connectivity index (χ2v) is 6.71. The SMILES string of the molecule is COc1ccc(/C=C/c2nc3ccccc3c(=O)n2-c2ccc(C(=O)O)cc2)cc1F. The minimum Gasteiger partial charge on any atom is -0.494 e. The lowest BCUT2D eigenvalue weighted by molar-refractivity contribution is 0.0697. The molecule has 0 atom stereocenters. The Bertz CT molecular complexity index is 1370. The minimum absolute atomic E-state index is 0.108. The standard InChI is InChI=1S/C24H17FN2O4/c1-31-21-12-6-15(14-19(21)25)7-13-22-26-20-5-3-2-4-18(20)23(28)27(22)17-10-8-16(9-11-17)24(29)30/h2-14H,1H3,(H,29,30)/b13-7+. The molecule has 154 valence electrons. The molecule has 1 N–H and O–H groups in total. The fourth-order valence-electron chi connectivity index (χ4n) is 3.22. The second kappa shape index (κ2) is 8.23. The van der Waals surface area contributed by atoms with E-state index in [0.717, 1.165) is 0 Å². The third kappa shape index (κ3) is 3.93. The minimum atomic E-state index is -1.06. The number of benzene rings is 3. The summed E-state index contributed by atoms with van der Waals surface area (Å²) in [6.45, 7) is 0. The van der Waals surface area contributed by atoms with Crippen LogP contribution in [0.4, 0.5) is 4.39 Å².